The summed E-state index contributed by atoms with van der Waals surface area (Å²) in [6, 6.07) is 6.57. The van der Waals surface area contributed by atoms with Crippen molar-refractivity contribution in [2.45, 2.75) is 49.8 Å². The summed E-state index contributed by atoms with van der Waals surface area (Å²) < 4.78 is 5.81. The number of hydrogen-bond acceptors (Lipinski definition) is 1. The zero-order valence-electron chi connectivity index (χ0n) is 10.1. The van der Waals surface area contributed by atoms with Crippen molar-refractivity contribution in [2.24, 2.45) is 0 Å². The van der Waals surface area contributed by atoms with Gasteiger partial charge in [0.25, 0.3) is 0 Å². The van der Waals surface area contributed by atoms with Gasteiger partial charge in [0.15, 0.2) is 0 Å². The number of para-hydroxylation sites is 1. The van der Waals surface area contributed by atoms with E-state index in [-0.39, 0.29) is 5.38 Å². The van der Waals surface area contributed by atoms with Crippen LogP contribution in [0.25, 0.3) is 0 Å². The molecule has 2 heteroatoms. The Bertz CT molecular complexity index is 402. The van der Waals surface area contributed by atoms with Gasteiger partial charge < -0.3 is 4.74 Å². The van der Waals surface area contributed by atoms with E-state index in [2.05, 4.69) is 18.2 Å². The molecule has 1 aliphatic heterocycles. The van der Waals surface area contributed by atoms with Crippen molar-refractivity contribution < 1.29 is 4.74 Å². The second-order valence-electron chi connectivity index (χ2n) is 5.19. The molecule has 0 saturated heterocycles. The Morgan fingerprint density at radius 3 is 2.94 bits per heavy atom. The van der Waals surface area contributed by atoms with E-state index in [4.69, 9.17) is 16.3 Å². The van der Waals surface area contributed by atoms with E-state index < -0.39 is 0 Å². The summed E-state index contributed by atoms with van der Waals surface area (Å²) >= 11 is 6.57. The highest BCUT2D eigenvalue weighted by atomic mass is 35.5. The predicted octanol–water partition coefficient (Wildman–Crippen LogP) is 4.28. The normalized spacial score (nSPS) is 28.3. The molecule has 1 aromatic rings. The van der Waals surface area contributed by atoms with E-state index in [1.165, 1.54) is 36.8 Å². The SMILES string of the molecule is ClC1CCCCCC1c1cccc2c1OCC2. The maximum Gasteiger partial charge on any atom is 0.126 e. The van der Waals surface area contributed by atoms with Crippen LogP contribution in [0.4, 0.5) is 0 Å². The van der Waals surface area contributed by atoms with E-state index in [0.717, 1.165) is 25.2 Å². The molecule has 0 spiro atoms. The van der Waals surface area contributed by atoms with Gasteiger partial charge in [-0.3, -0.25) is 0 Å². The highest BCUT2D eigenvalue weighted by molar-refractivity contribution is 6.21. The van der Waals surface area contributed by atoms with Gasteiger partial charge in [-0.2, -0.15) is 0 Å². The lowest BCUT2D eigenvalue weighted by molar-refractivity contribution is 0.349. The van der Waals surface area contributed by atoms with Crippen molar-refractivity contribution in [3.8, 4) is 5.75 Å². The van der Waals surface area contributed by atoms with Crippen LogP contribution in [0.2, 0.25) is 0 Å². The first-order chi connectivity index (χ1) is 8.36. The van der Waals surface area contributed by atoms with Gasteiger partial charge in [-0.25, -0.2) is 0 Å². The molecular formula is C15H19ClO. The molecule has 0 amide bonds. The minimum absolute atomic E-state index is 0.285. The second-order valence-corrected chi connectivity index (χ2v) is 5.76. The maximum atomic E-state index is 6.57. The van der Waals surface area contributed by atoms with Crippen molar-refractivity contribution in [3.05, 3.63) is 29.3 Å². The fraction of sp³-hybridized carbons (Fsp3) is 0.600. The first-order valence-corrected chi connectivity index (χ1v) is 7.18. The van der Waals surface area contributed by atoms with E-state index in [9.17, 15) is 0 Å². The van der Waals surface area contributed by atoms with Gasteiger partial charge in [0.2, 0.25) is 0 Å². The quantitative estimate of drug-likeness (QED) is 0.534. The molecule has 2 atom stereocenters. The molecule has 1 aromatic carbocycles. The standard InChI is InChI=1S/C15H19ClO/c16-14-8-3-1-2-6-12(14)13-7-4-5-11-9-10-17-15(11)13/h4-5,7,12,14H,1-3,6,8-10H2. The summed E-state index contributed by atoms with van der Waals surface area (Å²) in [4.78, 5) is 0. The largest absolute Gasteiger partial charge is 0.493 e. The lowest BCUT2D eigenvalue weighted by Crippen LogP contribution is -2.12. The molecule has 1 aliphatic carbocycles. The summed E-state index contributed by atoms with van der Waals surface area (Å²) in [6.07, 6.45) is 7.33. The van der Waals surface area contributed by atoms with E-state index >= 15 is 0 Å². The van der Waals surface area contributed by atoms with Crippen LogP contribution in [0.1, 0.15) is 49.1 Å². The summed E-state index contributed by atoms with van der Waals surface area (Å²) in [5, 5.41) is 0.285. The van der Waals surface area contributed by atoms with Gasteiger partial charge in [0.05, 0.1) is 6.61 Å². The molecule has 17 heavy (non-hydrogen) atoms. The summed E-state index contributed by atoms with van der Waals surface area (Å²) in [5.74, 6) is 1.64. The van der Waals surface area contributed by atoms with E-state index in [0.29, 0.717) is 5.92 Å². The number of alkyl halides is 1. The van der Waals surface area contributed by atoms with Crippen molar-refractivity contribution in [1.29, 1.82) is 0 Å². The average molecular weight is 251 g/mol. The molecule has 0 aromatic heterocycles. The third-order valence-corrected chi connectivity index (χ3v) is 4.60. The molecule has 1 nitrogen and oxygen atoms in total. The van der Waals surface area contributed by atoms with Crippen LogP contribution < -0.4 is 4.74 Å². The Morgan fingerprint density at radius 2 is 2.00 bits per heavy atom. The summed E-state index contributed by atoms with van der Waals surface area (Å²) in [7, 11) is 0. The zero-order valence-corrected chi connectivity index (χ0v) is 10.9. The lowest BCUT2D eigenvalue weighted by atomic mass is 9.89. The minimum Gasteiger partial charge on any atom is -0.493 e. The number of halogens is 1. The fourth-order valence-electron chi connectivity index (χ4n) is 3.15. The van der Waals surface area contributed by atoms with Crippen LogP contribution in [0.3, 0.4) is 0 Å². The van der Waals surface area contributed by atoms with Crippen LogP contribution in [0, 0.1) is 0 Å². The summed E-state index contributed by atoms with van der Waals surface area (Å²) in [5.41, 5.74) is 2.73. The number of rotatable bonds is 1. The van der Waals surface area contributed by atoms with Gasteiger partial charge in [-0.1, -0.05) is 37.5 Å². The molecule has 1 heterocycles. The summed E-state index contributed by atoms with van der Waals surface area (Å²) in [6.45, 7) is 0.839. The minimum atomic E-state index is 0.285. The van der Waals surface area contributed by atoms with Gasteiger partial charge >= 0.3 is 0 Å². The molecule has 1 fully saturated rings. The monoisotopic (exact) mass is 250 g/mol. The topological polar surface area (TPSA) is 9.23 Å². The Morgan fingerprint density at radius 1 is 1.12 bits per heavy atom. The lowest BCUT2D eigenvalue weighted by Gasteiger charge is -2.22. The molecule has 2 unspecified atom stereocenters. The van der Waals surface area contributed by atoms with Crippen LogP contribution in [0.5, 0.6) is 5.75 Å². The third-order valence-electron chi connectivity index (χ3n) is 4.08. The molecule has 92 valence electrons. The first kappa shape index (κ1) is 11.4. The van der Waals surface area contributed by atoms with Gasteiger partial charge in [0, 0.05) is 17.7 Å². The molecule has 1 saturated carbocycles. The zero-order chi connectivity index (χ0) is 11.7. The van der Waals surface area contributed by atoms with Crippen LogP contribution in [-0.2, 0) is 6.42 Å². The molecule has 2 aliphatic rings. The van der Waals surface area contributed by atoms with Crippen molar-refractivity contribution in [2.75, 3.05) is 6.61 Å². The van der Waals surface area contributed by atoms with Crippen LogP contribution in [0.15, 0.2) is 18.2 Å². The second kappa shape index (κ2) is 4.89. The third kappa shape index (κ3) is 2.18. The Balaban J connectivity index is 1.94. The fourth-order valence-corrected chi connectivity index (χ4v) is 3.56. The number of benzene rings is 1. The molecular weight excluding hydrogens is 232 g/mol. The molecule has 0 radical (unpaired) electrons. The Hall–Kier alpha value is -0.690. The highest BCUT2D eigenvalue weighted by Gasteiger charge is 2.28. The highest BCUT2D eigenvalue weighted by Crippen LogP contribution is 2.42. The number of hydrogen-bond donors (Lipinski definition) is 0. The first-order valence-electron chi connectivity index (χ1n) is 6.75. The van der Waals surface area contributed by atoms with E-state index in [1.807, 2.05) is 0 Å². The Labute approximate surface area is 108 Å². The smallest absolute Gasteiger partial charge is 0.126 e. The maximum absolute atomic E-state index is 6.57. The number of fused-ring (bicyclic) bond motifs is 1. The predicted molar refractivity (Wildman–Crippen MR) is 71.1 cm³/mol. The van der Waals surface area contributed by atoms with Crippen molar-refractivity contribution >= 4 is 11.6 Å². The molecule has 0 N–H and O–H groups in total. The molecule has 3 rings (SSSR count). The van der Waals surface area contributed by atoms with Crippen molar-refractivity contribution in [1.82, 2.24) is 0 Å². The Kier molecular flexibility index (Phi) is 3.28. The van der Waals surface area contributed by atoms with Crippen LogP contribution in [-0.4, -0.2) is 12.0 Å². The van der Waals surface area contributed by atoms with Gasteiger partial charge in [-0.05, 0) is 24.0 Å². The van der Waals surface area contributed by atoms with Crippen molar-refractivity contribution in [3.63, 3.8) is 0 Å². The molecule has 0 bridgehead atoms. The van der Waals surface area contributed by atoms with E-state index in [1.54, 1.807) is 0 Å². The number of ether oxygens (including phenoxy) is 1. The average Bonchev–Trinajstić information content (AvgIpc) is 2.72. The van der Waals surface area contributed by atoms with Gasteiger partial charge in [-0.15, -0.1) is 11.6 Å². The van der Waals surface area contributed by atoms with Gasteiger partial charge in [0.1, 0.15) is 5.75 Å². The van der Waals surface area contributed by atoms with Crippen LogP contribution >= 0.6 is 11.6 Å².